The molecule has 0 amide bonds. The van der Waals surface area contributed by atoms with E-state index < -0.39 is 0 Å². The van der Waals surface area contributed by atoms with Crippen molar-refractivity contribution in [3.63, 3.8) is 0 Å². The molecule has 0 N–H and O–H groups in total. The Balaban J connectivity index is 1.87. The summed E-state index contributed by atoms with van der Waals surface area (Å²) in [5.74, 6) is 0.865. The van der Waals surface area contributed by atoms with Gasteiger partial charge in [0.25, 0.3) is 0 Å². The van der Waals surface area contributed by atoms with Crippen molar-refractivity contribution in [3.8, 4) is 5.75 Å². The van der Waals surface area contributed by atoms with E-state index in [1.807, 2.05) is 30.8 Å². The van der Waals surface area contributed by atoms with E-state index in [-0.39, 0.29) is 0 Å². The Morgan fingerprint density at radius 1 is 1.21 bits per heavy atom. The third-order valence-corrected chi connectivity index (χ3v) is 5.12. The molecule has 0 bridgehead atoms. The monoisotopic (exact) mass is 346 g/mol. The van der Waals surface area contributed by atoms with Gasteiger partial charge in [0.15, 0.2) is 10.8 Å². The second-order valence-electron chi connectivity index (χ2n) is 5.62. The molecule has 2 heterocycles. The van der Waals surface area contributed by atoms with Crippen LogP contribution in [0.15, 0.2) is 24.3 Å². The Kier molecular flexibility index (Phi) is 5.01. The van der Waals surface area contributed by atoms with Gasteiger partial charge in [0.1, 0.15) is 5.75 Å². The van der Waals surface area contributed by atoms with Crippen LogP contribution in [0.25, 0.3) is 10.3 Å². The van der Waals surface area contributed by atoms with E-state index in [0.29, 0.717) is 6.61 Å². The van der Waals surface area contributed by atoms with Crippen LogP contribution >= 0.6 is 11.3 Å². The highest BCUT2D eigenvalue weighted by Gasteiger charge is 2.17. The number of hydrogen-bond donors (Lipinski definition) is 0. The van der Waals surface area contributed by atoms with Gasteiger partial charge >= 0.3 is 0 Å². The molecule has 6 nitrogen and oxygen atoms in total. The zero-order valence-electron chi connectivity index (χ0n) is 14.4. The maximum atomic E-state index is 5.27. The van der Waals surface area contributed by atoms with Crippen molar-refractivity contribution < 1.29 is 9.47 Å². The number of hydrogen-bond acceptors (Lipinski definition) is 6. The van der Waals surface area contributed by atoms with Crippen molar-refractivity contribution in [1.82, 2.24) is 14.8 Å². The molecule has 0 fully saturated rings. The highest BCUT2D eigenvalue weighted by atomic mass is 32.1. The Bertz CT molecular complexity index is 775. The molecule has 0 saturated heterocycles. The molecule has 128 valence electrons. The molecule has 24 heavy (non-hydrogen) atoms. The average molecular weight is 346 g/mol. The predicted octanol–water partition coefficient (Wildman–Crippen LogP) is 3.00. The zero-order chi connectivity index (χ0) is 17.1. The number of aryl methyl sites for hydroxylation is 2. The number of fused-ring (bicyclic) bond motifs is 1. The first kappa shape index (κ1) is 16.7. The number of rotatable bonds is 7. The third-order valence-electron chi connectivity index (χ3n) is 3.90. The molecule has 0 atom stereocenters. The minimum atomic E-state index is 0.656. The quantitative estimate of drug-likeness (QED) is 0.658. The highest BCUT2D eigenvalue weighted by Crippen LogP contribution is 2.31. The summed E-state index contributed by atoms with van der Waals surface area (Å²) >= 11 is 1.68. The van der Waals surface area contributed by atoms with Gasteiger partial charge < -0.3 is 14.4 Å². The number of benzene rings is 1. The summed E-state index contributed by atoms with van der Waals surface area (Å²) in [5.41, 5.74) is 3.16. The smallest absolute Gasteiger partial charge is 0.188 e. The zero-order valence-corrected chi connectivity index (χ0v) is 15.3. The fourth-order valence-electron chi connectivity index (χ4n) is 2.60. The number of anilines is 1. The van der Waals surface area contributed by atoms with Crippen LogP contribution in [0.5, 0.6) is 5.75 Å². The fraction of sp³-hybridized carbons (Fsp3) is 0.412. The molecule has 3 aromatic rings. The second kappa shape index (κ2) is 7.19. The predicted molar refractivity (Wildman–Crippen MR) is 97.0 cm³/mol. The van der Waals surface area contributed by atoms with E-state index in [4.69, 9.17) is 14.5 Å². The van der Waals surface area contributed by atoms with Gasteiger partial charge in [0.2, 0.25) is 0 Å². The molecule has 0 aliphatic carbocycles. The van der Waals surface area contributed by atoms with E-state index in [2.05, 4.69) is 22.1 Å². The fourth-order valence-corrected chi connectivity index (χ4v) is 3.66. The van der Waals surface area contributed by atoms with Gasteiger partial charge in [0, 0.05) is 27.2 Å². The van der Waals surface area contributed by atoms with Crippen molar-refractivity contribution in [2.75, 3.05) is 32.3 Å². The molecular weight excluding hydrogens is 324 g/mol. The van der Waals surface area contributed by atoms with E-state index in [1.54, 1.807) is 25.6 Å². The summed E-state index contributed by atoms with van der Waals surface area (Å²) in [6.45, 7) is 4.24. The van der Waals surface area contributed by atoms with Gasteiger partial charge in [-0.25, -0.2) is 9.67 Å². The summed E-state index contributed by atoms with van der Waals surface area (Å²) < 4.78 is 13.5. The first-order chi connectivity index (χ1) is 11.6. The van der Waals surface area contributed by atoms with Crippen LogP contribution in [0.1, 0.15) is 11.3 Å². The second-order valence-corrected chi connectivity index (χ2v) is 6.60. The van der Waals surface area contributed by atoms with Crippen LogP contribution in [0.2, 0.25) is 0 Å². The molecule has 2 aromatic heterocycles. The molecule has 0 aliphatic rings. The highest BCUT2D eigenvalue weighted by molar-refractivity contribution is 7.22. The number of aromatic nitrogens is 3. The van der Waals surface area contributed by atoms with Crippen LogP contribution in [0.3, 0.4) is 0 Å². The summed E-state index contributed by atoms with van der Waals surface area (Å²) in [5, 5.41) is 5.42. The first-order valence-electron chi connectivity index (χ1n) is 7.79. The standard InChI is InChI=1S/C17H22N4O2S/c1-12-15-16(20(2)19-12)18-17(24-15)21(9-10-22-3)11-13-5-7-14(23-4)8-6-13/h5-8H,9-11H2,1-4H3. The SMILES string of the molecule is COCCN(Cc1ccc(OC)cc1)c1nc2c(s1)c(C)nn2C. The van der Waals surface area contributed by atoms with Crippen molar-refractivity contribution in [2.24, 2.45) is 7.05 Å². The molecule has 0 unspecified atom stereocenters. The van der Waals surface area contributed by atoms with Crippen LogP contribution < -0.4 is 9.64 Å². The summed E-state index contributed by atoms with van der Waals surface area (Å²) in [7, 11) is 5.33. The summed E-state index contributed by atoms with van der Waals surface area (Å²) in [4.78, 5) is 7.03. The lowest BCUT2D eigenvalue weighted by atomic mass is 10.2. The maximum absolute atomic E-state index is 5.27. The third kappa shape index (κ3) is 3.37. The number of methoxy groups -OCH3 is 2. The van der Waals surface area contributed by atoms with E-state index in [1.165, 1.54) is 5.56 Å². The van der Waals surface area contributed by atoms with Gasteiger partial charge in [-0.2, -0.15) is 5.10 Å². The minimum absolute atomic E-state index is 0.656. The van der Waals surface area contributed by atoms with Gasteiger partial charge in [-0.05, 0) is 24.6 Å². The molecule has 0 radical (unpaired) electrons. The van der Waals surface area contributed by atoms with Gasteiger partial charge in [-0.3, -0.25) is 0 Å². The van der Waals surface area contributed by atoms with Crippen molar-refractivity contribution in [1.29, 1.82) is 0 Å². The molecule has 0 aliphatic heterocycles. The van der Waals surface area contributed by atoms with Crippen molar-refractivity contribution >= 4 is 26.8 Å². The van der Waals surface area contributed by atoms with Crippen LogP contribution in [0.4, 0.5) is 5.13 Å². The Morgan fingerprint density at radius 2 is 1.96 bits per heavy atom. The summed E-state index contributed by atoms with van der Waals surface area (Å²) in [6.07, 6.45) is 0. The Morgan fingerprint density at radius 3 is 2.58 bits per heavy atom. The number of ether oxygens (including phenoxy) is 2. The van der Waals surface area contributed by atoms with Crippen LogP contribution in [-0.2, 0) is 18.3 Å². The van der Waals surface area contributed by atoms with Crippen LogP contribution in [-0.4, -0.2) is 42.1 Å². The average Bonchev–Trinajstić information content (AvgIpc) is 3.14. The minimum Gasteiger partial charge on any atom is -0.497 e. The molecule has 0 saturated carbocycles. The van der Waals surface area contributed by atoms with Crippen LogP contribution in [0, 0.1) is 6.92 Å². The normalized spacial score (nSPS) is 11.2. The van der Waals surface area contributed by atoms with E-state index in [0.717, 1.165) is 40.0 Å². The van der Waals surface area contributed by atoms with Crippen molar-refractivity contribution in [2.45, 2.75) is 13.5 Å². The van der Waals surface area contributed by atoms with Gasteiger partial charge in [-0.15, -0.1) is 0 Å². The maximum Gasteiger partial charge on any atom is 0.188 e. The molecule has 1 aromatic carbocycles. The molecular formula is C17H22N4O2S. The lowest BCUT2D eigenvalue weighted by Gasteiger charge is -2.21. The topological polar surface area (TPSA) is 52.4 Å². The van der Waals surface area contributed by atoms with E-state index in [9.17, 15) is 0 Å². The van der Waals surface area contributed by atoms with Gasteiger partial charge in [-0.1, -0.05) is 23.5 Å². The Labute approximate surface area is 145 Å². The lowest BCUT2D eigenvalue weighted by Crippen LogP contribution is -2.26. The number of nitrogens with zero attached hydrogens (tertiary/aromatic N) is 4. The van der Waals surface area contributed by atoms with Gasteiger partial charge in [0.05, 0.1) is 24.1 Å². The Hall–Kier alpha value is -2.12. The molecule has 3 rings (SSSR count). The first-order valence-corrected chi connectivity index (χ1v) is 8.61. The van der Waals surface area contributed by atoms with E-state index >= 15 is 0 Å². The van der Waals surface area contributed by atoms with Crippen molar-refractivity contribution in [3.05, 3.63) is 35.5 Å². The molecule has 0 spiro atoms. The number of thiazole rings is 1. The lowest BCUT2D eigenvalue weighted by molar-refractivity contribution is 0.205. The summed E-state index contributed by atoms with van der Waals surface area (Å²) in [6, 6.07) is 8.13. The molecule has 7 heteroatoms. The largest absolute Gasteiger partial charge is 0.497 e.